The molecule has 1 aliphatic carbocycles. The Morgan fingerprint density at radius 3 is 2.28 bits per heavy atom. The fourth-order valence-corrected chi connectivity index (χ4v) is 4.50. The first-order chi connectivity index (χ1) is 18.3. The molecular formula is C29H41ClN4O5. The van der Waals surface area contributed by atoms with Gasteiger partial charge in [-0.3, -0.25) is 14.6 Å². The van der Waals surface area contributed by atoms with Gasteiger partial charge in [0.1, 0.15) is 18.4 Å². The van der Waals surface area contributed by atoms with E-state index in [4.69, 9.17) is 9.47 Å². The number of nitrogens with zero attached hydrogens (tertiary/aromatic N) is 1. The number of carbonyl (C=O) groups excluding carboxylic acids is 3. The predicted octanol–water partition coefficient (Wildman–Crippen LogP) is 0.0391. The van der Waals surface area contributed by atoms with Gasteiger partial charge in [0, 0.05) is 37.2 Å². The highest BCUT2D eigenvalue weighted by Crippen LogP contribution is 2.28. The maximum absolute atomic E-state index is 13.0. The number of rotatable bonds is 12. The first-order valence-electron chi connectivity index (χ1n) is 13.5. The van der Waals surface area contributed by atoms with Crippen LogP contribution in [0, 0.1) is 17.8 Å². The molecule has 1 saturated carbocycles. The quantitative estimate of drug-likeness (QED) is 0.248. The van der Waals surface area contributed by atoms with Gasteiger partial charge in [-0.25, -0.2) is 4.79 Å². The average molecular weight is 561 g/mol. The number of quaternary nitrogens is 1. The number of nitrogens with one attached hydrogen (secondary N) is 2. The first-order valence-corrected chi connectivity index (χ1v) is 13.5. The first kappa shape index (κ1) is 32.0. The van der Waals surface area contributed by atoms with Crippen LogP contribution in [-0.2, 0) is 27.4 Å². The topological polar surface area (TPSA) is 134 Å². The van der Waals surface area contributed by atoms with Crippen molar-refractivity contribution in [3.8, 4) is 5.75 Å². The highest BCUT2D eigenvalue weighted by atomic mass is 35.5. The molecule has 214 valence electrons. The van der Waals surface area contributed by atoms with E-state index in [1.54, 1.807) is 48.8 Å². The minimum Gasteiger partial charge on any atom is -1.00 e. The van der Waals surface area contributed by atoms with Crippen LogP contribution < -0.4 is 33.5 Å². The van der Waals surface area contributed by atoms with Crippen molar-refractivity contribution in [2.75, 3.05) is 13.1 Å². The van der Waals surface area contributed by atoms with Crippen LogP contribution in [0.4, 0.5) is 4.79 Å². The van der Waals surface area contributed by atoms with Gasteiger partial charge in [-0.15, -0.1) is 0 Å². The van der Waals surface area contributed by atoms with Crippen LogP contribution in [0.25, 0.3) is 0 Å². The summed E-state index contributed by atoms with van der Waals surface area (Å²) in [4.78, 5) is 42.0. The lowest BCUT2D eigenvalue weighted by atomic mass is 9.81. The zero-order valence-corrected chi connectivity index (χ0v) is 23.6. The molecule has 1 atom stereocenters. The monoisotopic (exact) mass is 560 g/mol. The van der Waals surface area contributed by atoms with Crippen molar-refractivity contribution >= 4 is 18.0 Å². The Labute approximate surface area is 237 Å². The molecule has 5 N–H and O–H groups in total. The number of halogens is 1. The summed E-state index contributed by atoms with van der Waals surface area (Å²) in [5.74, 6) is 1.06. The van der Waals surface area contributed by atoms with Gasteiger partial charge in [0.25, 0.3) is 0 Å². The highest BCUT2D eigenvalue weighted by Gasteiger charge is 2.29. The van der Waals surface area contributed by atoms with E-state index < -0.39 is 12.2 Å². The van der Waals surface area contributed by atoms with Crippen LogP contribution in [0.2, 0.25) is 0 Å². The smallest absolute Gasteiger partial charge is 0.514 e. The van der Waals surface area contributed by atoms with E-state index >= 15 is 0 Å². The number of ether oxygens (including phenoxy) is 2. The van der Waals surface area contributed by atoms with Crippen LogP contribution in [0.5, 0.6) is 5.75 Å². The molecule has 1 aliphatic rings. The van der Waals surface area contributed by atoms with Crippen LogP contribution >= 0.6 is 0 Å². The van der Waals surface area contributed by atoms with Gasteiger partial charge in [0.2, 0.25) is 11.8 Å². The maximum Gasteiger partial charge on any atom is 0.514 e. The van der Waals surface area contributed by atoms with Crippen LogP contribution in [0.3, 0.4) is 0 Å². The summed E-state index contributed by atoms with van der Waals surface area (Å²) < 4.78 is 10.4. The summed E-state index contributed by atoms with van der Waals surface area (Å²) in [5.41, 5.74) is 5.64. The molecule has 1 heterocycles. The van der Waals surface area contributed by atoms with Gasteiger partial charge < -0.3 is 38.2 Å². The van der Waals surface area contributed by atoms with Crippen LogP contribution in [0.1, 0.15) is 57.1 Å². The third-order valence-corrected chi connectivity index (χ3v) is 6.95. The average Bonchev–Trinajstić information content (AvgIpc) is 2.93. The van der Waals surface area contributed by atoms with Gasteiger partial charge in [-0.1, -0.05) is 26.0 Å². The SMILES string of the molecule is CC(C)CCNC(=O)[C@H](Cc1ccc(OC(=O)OCc2ccncc2)cc1)NC(=O)C1CCC(C[NH3+])CC1.[Cl-]. The molecule has 0 unspecified atom stereocenters. The van der Waals surface area contributed by atoms with Crippen molar-refractivity contribution in [2.45, 2.75) is 65.0 Å². The fraction of sp³-hybridized carbons (Fsp3) is 0.517. The van der Waals surface area contributed by atoms with Gasteiger partial charge in [0.15, 0.2) is 0 Å². The number of aromatic nitrogens is 1. The van der Waals surface area contributed by atoms with E-state index in [0.717, 1.165) is 49.8 Å². The Balaban J connectivity index is 0.00000533. The van der Waals surface area contributed by atoms with E-state index in [9.17, 15) is 14.4 Å². The van der Waals surface area contributed by atoms with Crippen molar-refractivity contribution in [2.24, 2.45) is 17.8 Å². The molecule has 0 bridgehead atoms. The van der Waals surface area contributed by atoms with Gasteiger partial charge in [-0.2, -0.15) is 0 Å². The molecule has 1 aromatic carbocycles. The Hall–Kier alpha value is -3.17. The molecule has 39 heavy (non-hydrogen) atoms. The van der Waals surface area contributed by atoms with E-state index in [0.29, 0.717) is 30.6 Å². The zero-order valence-electron chi connectivity index (χ0n) is 22.9. The zero-order chi connectivity index (χ0) is 27.3. The molecule has 0 saturated heterocycles. The van der Waals surface area contributed by atoms with Crippen molar-refractivity contribution in [3.63, 3.8) is 0 Å². The van der Waals surface area contributed by atoms with Gasteiger partial charge in [0.05, 0.1) is 6.54 Å². The highest BCUT2D eigenvalue weighted by molar-refractivity contribution is 5.88. The summed E-state index contributed by atoms with van der Waals surface area (Å²) in [6, 6.07) is 9.69. The third-order valence-electron chi connectivity index (χ3n) is 6.95. The minimum absolute atomic E-state index is 0. The molecule has 10 heteroatoms. The number of hydrogen-bond acceptors (Lipinski definition) is 6. The number of benzene rings is 1. The molecular weight excluding hydrogens is 520 g/mol. The van der Waals surface area contributed by atoms with Crippen molar-refractivity contribution in [1.29, 1.82) is 0 Å². The Morgan fingerprint density at radius 2 is 1.67 bits per heavy atom. The van der Waals surface area contributed by atoms with E-state index in [-0.39, 0.29) is 36.7 Å². The molecule has 0 aliphatic heterocycles. The molecule has 0 spiro atoms. The lowest BCUT2D eigenvalue weighted by molar-refractivity contribution is -0.380. The lowest BCUT2D eigenvalue weighted by Gasteiger charge is -2.27. The van der Waals surface area contributed by atoms with Gasteiger partial charge in [-0.05, 0) is 73.4 Å². The number of carbonyl (C=O) groups is 3. The van der Waals surface area contributed by atoms with Crippen molar-refractivity contribution in [1.82, 2.24) is 15.6 Å². The Bertz CT molecular complexity index is 1030. The Kier molecular flexibility index (Phi) is 13.7. The van der Waals surface area contributed by atoms with E-state index in [1.807, 2.05) is 0 Å². The van der Waals surface area contributed by atoms with E-state index in [1.165, 1.54) is 0 Å². The molecule has 2 amide bonds. The molecule has 2 aromatic rings. The molecule has 9 nitrogen and oxygen atoms in total. The predicted molar refractivity (Wildman–Crippen MR) is 143 cm³/mol. The lowest BCUT2D eigenvalue weighted by Crippen LogP contribution is -3.00. The summed E-state index contributed by atoms with van der Waals surface area (Å²) in [5, 5.41) is 5.98. The number of hydrogen-bond donors (Lipinski definition) is 3. The molecule has 3 rings (SSSR count). The van der Waals surface area contributed by atoms with Crippen molar-refractivity contribution in [3.05, 3.63) is 59.9 Å². The molecule has 1 aromatic heterocycles. The Morgan fingerprint density at radius 1 is 1.00 bits per heavy atom. The van der Waals surface area contributed by atoms with Crippen molar-refractivity contribution < 1.29 is 42.0 Å². The van der Waals surface area contributed by atoms with E-state index in [2.05, 4.69) is 35.2 Å². The second-order valence-corrected chi connectivity index (χ2v) is 10.4. The number of amides is 2. The normalized spacial score (nSPS) is 17.4. The third kappa shape index (κ3) is 11.2. The second kappa shape index (κ2) is 16.7. The summed E-state index contributed by atoms with van der Waals surface area (Å²) in [6.45, 7) is 5.76. The largest absolute Gasteiger partial charge is 1.00 e. The second-order valence-electron chi connectivity index (χ2n) is 10.4. The molecule has 1 fully saturated rings. The van der Waals surface area contributed by atoms with Crippen LogP contribution in [-0.4, -0.2) is 42.1 Å². The number of pyridine rings is 1. The standard InChI is InChI=1S/C29H40N4O5.ClH/c1-20(2)11-16-32-28(35)26(33-27(34)24-7-3-22(18-30)4-8-24)17-21-5-9-25(10-6-21)38-29(36)37-19-23-12-14-31-15-13-23;/h5-6,9-10,12-15,20,22,24,26H,3-4,7-8,11,16-19,30H2,1-2H3,(H,32,35)(H,33,34);1H/t22?,24?,26-;/m0./s1. The van der Waals surface area contributed by atoms with Gasteiger partial charge >= 0.3 is 6.16 Å². The fourth-order valence-electron chi connectivity index (χ4n) is 4.50. The maximum atomic E-state index is 13.0. The summed E-state index contributed by atoms with van der Waals surface area (Å²) in [7, 11) is 0. The molecule has 0 radical (unpaired) electrons. The minimum atomic E-state index is -0.808. The summed E-state index contributed by atoms with van der Waals surface area (Å²) >= 11 is 0. The summed E-state index contributed by atoms with van der Waals surface area (Å²) in [6.07, 6.45) is 7.30. The van der Waals surface area contributed by atoms with Crippen LogP contribution in [0.15, 0.2) is 48.8 Å².